The lowest BCUT2D eigenvalue weighted by Crippen LogP contribution is -2.56. The smallest absolute Gasteiger partial charge is 0.236 e. The molecule has 0 radical (unpaired) electrons. The molecule has 3 fully saturated rings. The number of benzene rings is 1. The SMILES string of the molecule is O=C(CN1CCN(c2ccc(-c3ccccc3F)nn2)CC1)N1CCN(C2CCC2)CC1. The largest absolute Gasteiger partial charge is 0.353 e. The molecule has 170 valence electrons. The van der Waals surface area contributed by atoms with Gasteiger partial charge in [-0.05, 0) is 37.1 Å². The van der Waals surface area contributed by atoms with E-state index in [1.165, 1.54) is 25.3 Å². The van der Waals surface area contributed by atoms with Crippen LogP contribution in [0.4, 0.5) is 10.2 Å². The van der Waals surface area contributed by atoms with Crippen molar-refractivity contribution in [2.75, 3.05) is 63.8 Å². The van der Waals surface area contributed by atoms with Crippen molar-refractivity contribution < 1.29 is 9.18 Å². The normalized spacial score (nSPS) is 20.9. The summed E-state index contributed by atoms with van der Waals surface area (Å²) in [4.78, 5) is 21.8. The molecule has 5 rings (SSSR count). The van der Waals surface area contributed by atoms with Crippen LogP contribution in [0.15, 0.2) is 36.4 Å². The van der Waals surface area contributed by atoms with E-state index in [0.29, 0.717) is 17.8 Å². The predicted molar refractivity (Wildman–Crippen MR) is 122 cm³/mol. The molecule has 1 amide bonds. The van der Waals surface area contributed by atoms with E-state index in [9.17, 15) is 9.18 Å². The van der Waals surface area contributed by atoms with Crippen LogP contribution in [-0.4, -0.2) is 95.7 Å². The highest BCUT2D eigenvalue weighted by molar-refractivity contribution is 5.78. The molecule has 3 heterocycles. The molecule has 3 aliphatic rings. The van der Waals surface area contributed by atoms with Crippen LogP contribution in [0.3, 0.4) is 0 Å². The molecule has 0 unspecified atom stereocenters. The number of rotatable bonds is 5. The fourth-order valence-corrected chi connectivity index (χ4v) is 4.82. The summed E-state index contributed by atoms with van der Waals surface area (Å²) in [7, 11) is 0. The summed E-state index contributed by atoms with van der Waals surface area (Å²) in [5, 5.41) is 8.56. The van der Waals surface area contributed by atoms with Crippen LogP contribution in [0.5, 0.6) is 0 Å². The highest BCUT2D eigenvalue weighted by Gasteiger charge is 2.30. The average Bonchev–Trinajstić information content (AvgIpc) is 2.79. The molecule has 2 aliphatic heterocycles. The second-order valence-electron chi connectivity index (χ2n) is 9.02. The summed E-state index contributed by atoms with van der Waals surface area (Å²) in [5.41, 5.74) is 0.997. The topological polar surface area (TPSA) is 55.8 Å². The van der Waals surface area contributed by atoms with E-state index in [2.05, 4.69) is 24.9 Å². The van der Waals surface area contributed by atoms with Gasteiger partial charge in [0.2, 0.25) is 5.91 Å². The third kappa shape index (κ3) is 4.61. The van der Waals surface area contributed by atoms with Gasteiger partial charge in [-0.2, -0.15) is 0 Å². The average molecular weight is 439 g/mol. The van der Waals surface area contributed by atoms with Crippen molar-refractivity contribution in [3.63, 3.8) is 0 Å². The third-order valence-corrected chi connectivity index (χ3v) is 7.11. The maximum absolute atomic E-state index is 14.0. The summed E-state index contributed by atoms with van der Waals surface area (Å²) in [6.07, 6.45) is 4.01. The lowest BCUT2D eigenvalue weighted by Gasteiger charge is -2.43. The van der Waals surface area contributed by atoms with Gasteiger partial charge in [-0.25, -0.2) is 4.39 Å². The van der Waals surface area contributed by atoms with Gasteiger partial charge < -0.3 is 9.80 Å². The minimum absolute atomic E-state index is 0.251. The Morgan fingerprint density at radius 1 is 0.906 bits per heavy atom. The van der Waals surface area contributed by atoms with Crippen LogP contribution in [0.2, 0.25) is 0 Å². The zero-order chi connectivity index (χ0) is 21.9. The first-order valence-electron chi connectivity index (χ1n) is 11.7. The van der Waals surface area contributed by atoms with E-state index in [1.54, 1.807) is 18.2 Å². The first-order valence-corrected chi connectivity index (χ1v) is 11.7. The molecular weight excluding hydrogens is 407 g/mol. The van der Waals surface area contributed by atoms with Crippen LogP contribution >= 0.6 is 0 Å². The van der Waals surface area contributed by atoms with Crippen LogP contribution in [0.25, 0.3) is 11.3 Å². The number of piperazine rings is 2. The summed E-state index contributed by atoms with van der Waals surface area (Å²) >= 11 is 0. The molecule has 7 nitrogen and oxygen atoms in total. The van der Waals surface area contributed by atoms with E-state index >= 15 is 0 Å². The van der Waals surface area contributed by atoms with Crippen LogP contribution in [0.1, 0.15) is 19.3 Å². The van der Waals surface area contributed by atoms with Crippen LogP contribution in [0, 0.1) is 5.82 Å². The minimum Gasteiger partial charge on any atom is -0.353 e. The number of nitrogens with zero attached hydrogens (tertiary/aromatic N) is 6. The van der Waals surface area contributed by atoms with Crippen molar-refractivity contribution in [1.82, 2.24) is 24.9 Å². The Labute approximate surface area is 188 Å². The molecule has 0 N–H and O–H groups in total. The monoisotopic (exact) mass is 438 g/mol. The molecule has 0 bridgehead atoms. The number of aromatic nitrogens is 2. The van der Waals surface area contributed by atoms with Crippen LogP contribution in [-0.2, 0) is 4.79 Å². The number of carbonyl (C=O) groups is 1. The molecule has 0 spiro atoms. The summed E-state index contributed by atoms with van der Waals surface area (Å²) in [5.74, 6) is 0.751. The summed E-state index contributed by atoms with van der Waals surface area (Å²) in [6, 6.07) is 11.1. The molecule has 2 aromatic rings. The Hall–Kier alpha value is -2.58. The second kappa shape index (κ2) is 9.50. The molecule has 1 aromatic carbocycles. The van der Waals surface area contributed by atoms with E-state index in [0.717, 1.165) is 64.2 Å². The highest BCUT2D eigenvalue weighted by Crippen LogP contribution is 2.25. The van der Waals surface area contributed by atoms with Crippen LogP contribution < -0.4 is 4.90 Å². The zero-order valence-electron chi connectivity index (χ0n) is 18.5. The Kier molecular flexibility index (Phi) is 6.32. The lowest BCUT2D eigenvalue weighted by molar-refractivity contribution is -0.134. The molecular formula is C24H31FN6O. The number of carbonyl (C=O) groups excluding carboxylic acids is 1. The van der Waals surface area contributed by atoms with E-state index in [1.807, 2.05) is 17.0 Å². The molecule has 8 heteroatoms. The van der Waals surface area contributed by atoms with Gasteiger partial charge in [0.15, 0.2) is 5.82 Å². The second-order valence-corrected chi connectivity index (χ2v) is 9.02. The van der Waals surface area contributed by atoms with Gasteiger partial charge in [-0.15, -0.1) is 10.2 Å². The molecule has 1 aliphatic carbocycles. The van der Waals surface area contributed by atoms with Gasteiger partial charge in [-0.1, -0.05) is 18.6 Å². The zero-order valence-corrected chi connectivity index (χ0v) is 18.5. The Morgan fingerprint density at radius 2 is 1.66 bits per heavy atom. The van der Waals surface area contributed by atoms with Gasteiger partial charge in [0, 0.05) is 64.0 Å². The molecule has 0 atom stereocenters. The maximum atomic E-state index is 14.0. The fourth-order valence-electron chi connectivity index (χ4n) is 4.82. The molecule has 1 saturated carbocycles. The van der Waals surface area contributed by atoms with Gasteiger partial charge in [0.1, 0.15) is 5.82 Å². The van der Waals surface area contributed by atoms with E-state index in [-0.39, 0.29) is 11.7 Å². The first kappa shape index (κ1) is 21.3. The van der Waals surface area contributed by atoms with Crippen molar-refractivity contribution in [2.24, 2.45) is 0 Å². The highest BCUT2D eigenvalue weighted by atomic mass is 19.1. The first-order chi connectivity index (χ1) is 15.7. The van der Waals surface area contributed by atoms with Gasteiger partial charge in [0.25, 0.3) is 0 Å². The van der Waals surface area contributed by atoms with Crippen molar-refractivity contribution in [3.8, 4) is 11.3 Å². The predicted octanol–water partition coefficient (Wildman–Crippen LogP) is 2.10. The van der Waals surface area contributed by atoms with Crippen molar-refractivity contribution in [1.29, 1.82) is 0 Å². The Balaban J connectivity index is 1.09. The van der Waals surface area contributed by atoms with Crippen molar-refractivity contribution in [3.05, 3.63) is 42.2 Å². The molecule has 32 heavy (non-hydrogen) atoms. The molecule has 2 saturated heterocycles. The van der Waals surface area contributed by atoms with Gasteiger partial charge >= 0.3 is 0 Å². The van der Waals surface area contributed by atoms with Gasteiger partial charge in [-0.3, -0.25) is 14.6 Å². The van der Waals surface area contributed by atoms with Crippen molar-refractivity contribution in [2.45, 2.75) is 25.3 Å². The number of hydrogen-bond acceptors (Lipinski definition) is 6. The van der Waals surface area contributed by atoms with Gasteiger partial charge in [0.05, 0.1) is 12.2 Å². The minimum atomic E-state index is -0.294. The van der Waals surface area contributed by atoms with E-state index < -0.39 is 0 Å². The lowest BCUT2D eigenvalue weighted by atomic mass is 9.91. The third-order valence-electron chi connectivity index (χ3n) is 7.11. The Morgan fingerprint density at radius 3 is 2.28 bits per heavy atom. The van der Waals surface area contributed by atoms with Crippen molar-refractivity contribution >= 4 is 11.7 Å². The standard InChI is InChI=1S/C24H31FN6O/c25-21-7-2-1-6-20(21)22-8-9-23(27-26-22)30-12-10-28(11-13-30)18-24(32)31-16-14-29(15-17-31)19-4-3-5-19/h1-2,6-9,19H,3-5,10-18H2. The number of anilines is 1. The molecule has 1 aromatic heterocycles. The fraction of sp³-hybridized carbons (Fsp3) is 0.542. The summed E-state index contributed by atoms with van der Waals surface area (Å²) in [6.45, 7) is 7.51. The number of hydrogen-bond donors (Lipinski definition) is 0. The number of halogens is 1. The number of amides is 1. The maximum Gasteiger partial charge on any atom is 0.236 e. The summed E-state index contributed by atoms with van der Waals surface area (Å²) < 4.78 is 14.0. The Bertz CT molecular complexity index is 918. The van der Waals surface area contributed by atoms with E-state index in [4.69, 9.17) is 0 Å². The quantitative estimate of drug-likeness (QED) is 0.713.